The first-order chi connectivity index (χ1) is 9.02. The van der Waals surface area contributed by atoms with Crippen molar-refractivity contribution in [2.75, 3.05) is 0 Å². The largest absolute Gasteiger partial charge is 0.507 e. The van der Waals surface area contributed by atoms with E-state index in [1.807, 2.05) is 31.7 Å². The Morgan fingerprint density at radius 2 is 1.37 bits per heavy atom. The second-order valence-electron chi connectivity index (χ2n) is 4.95. The van der Waals surface area contributed by atoms with E-state index < -0.39 is 0 Å². The Hall–Kier alpha value is -1.41. The molecule has 0 atom stereocenters. The van der Waals surface area contributed by atoms with Crippen molar-refractivity contribution in [2.24, 2.45) is 0 Å². The maximum Gasteiger partial charge on any atom is 0.121 e. The molecule has 0 aromatic heterocycles. The number of thioether (sulfide) groups is 1. The first-order valence-corrected chi connectivity index (χ1v) is 7.47. The van der Waals surface area contributed by atoms with Crippen LogP contribution in [0.2, 0.25) is 0 Å². The van der Waals surface area contributed by atoms with Gasteiger partial charge in [0, 0.05) is 10.6 Å². The Bertz CT molecular complexity index is 559. The fraction of sp³-hybridized carbons (Fsp3) is 0.294. The minimum Gasteiger partial charge on any atom is -0.507 e. The molecule has 2 heteroatoms. The lowest BCUT2D eigenvalue weighted by Crippen LogP contribution is -1.95. The van der Waals surface area contributed by atoms with Gasteiger partial charge in [0.15, 0.2) is 0 Å². The van der Waals surface area contributed by atoms with Crippen LogP contribution in [0.5, 0.6) is 5.75 Å². The molecule has 0 heterocycles. The van der Waals surface area contributed by atoms with E-state index in [2.05, 4.69) is 38.1 Å². The molecule has 0 amide bonds. The maximum absolute atomic E-state index is 10.1. The highest BCUT2D eigenvalue weighted by Gasteiger charge is 2.14. The van der Waals surface area contributed by atoms with Crippen LogP contribution in [0.3, 0.4) is 0 Å². The van der Waals surface area contributed by atoms with Crippen LogP contribution < -0.4 is 0 Å². The van der Waals surface area contributed by atoms with Crippen molar-refractivity contribution >= 4 is 11.8 Å². The van der Waals surface area contributed by atoms with E-state index in [0.717, 1.165) is 16.9 Å². The molecule has 1 nitrogen and oxygen atoms in total. The SMILES string of the molecule is Cc1c(C)c(SCc2ccccc2)c(C)c(C)c1O. The van der Waals surface area contributed by atoms with Gasteiger partial charge >= 0.3 is 0 Å². The summed E-state index contributed by atoms with van der Waals surface area (Å²) in [6, 6.07) is 10.5. The van der Waals surface area contributed by atoms with Gasteiger partial charge in [-0.25, -0.2) is 0 Å². The van der Waals surface area contributed by atoms with Crippen LogP contribution in [0.1, 0.15) is 27.8 Å². The number of aromatic hydroxyl groups is 1. The summed E-state index contributed by atoms with van der Waals surface area (Å²) >= 11 is 1.85. The summed E-state index contributed by atoms with van der Waals surface area (Å²) in [6.07, 6.45) is 0. The fourth-order valence-electron chi connectivity index (χ4n) is 2.20. The molecular weight excluding hydrogens is 252 g/mol. The highest BCUT2D eigenvalue weighted by atomic mass is 32.2. The number of hydrogen-bond donors (Lipinski definition) is 1. The zero-order valence-electron chi connectivity index (χ0n) is 11.9. The van der Waals surface area contributed by atoms with Crippen LogP contribution in [-0.2, 0) is 5.75 Å². The summed E-state index contributed by atoms with van der Waals surface area (Å²) in [7, 11) is 0. The molecule has 0 aliphatic rings. The zero-order valence-corrected chi connectivity index (χ0v) is 12.8. The highest BCUT2D eigenvalue weighted by molar-refractivity contribution is 7.98. The van der Waals surface area contributed by atoms with E-state index in [1.165, 1.54) is 21.6 Å². The molecule has 0 aliphatic heterocycles. The maximum atomic E-state index is 10.1. The van der Waals surface area contributed by atoms with Gasteiger partial charge in [0.2, 0.25) is 0 Å². The Morgan fingerprint density at radius 1 is 0.842 bits per heavy atom. The molecule has 1 N–H and O–H groups in total. The number of phenols is 1. The Morgan fingerprint density at radius 3 is 1.89 bits per heavy atom. The number of phenolic OH excluding ortho intramolecular Hbond substituents is 1. The Labute approximate surface area is 119 Å². The molecule has 19 heavy (non-hydrogen) atoms. The summed E-state index contributed by atoms with van der Waals surface area (Å²) in [4.78, 5) is 1.30. The third-order valence-corrected chi connectivity index (χ3v) is 5.12. The molecule has 0 saturated heterocycles. The van der Waals surface area contributed by atoms with Crippen molar-refractivity contribution in [1.29, 1.82) is 0 Å². The van der Waals surface area contributed by atoms with Crippen LogP contribution in [0.4, 0.5) is 0 Å². The summed E-state index contributed by atoms with van der Waals surface area (Å²) in [5.74, 6) is 1.41. The van der Waals surface area contributed by atoms with E-state index in [9.17, 15) is 5.11 Å². The van der Waals surface area contributed by atoms with Crippen molar-refractivity contribution in [3.63, 3.8) is 0 Å². The van der Waals surface area contributed by atoms with Crippen molar-refractivity contribution in [3.8, 4) is 5.75 Å². The van der Waals surface area contributed by atoms with Crippen LogP contribution in [0.15, 0.2) is 35.2 Å². The molecule has 2 aromatic carbocycles. The minimum absolute atomic E-state index is 0.444. The molecule has 0 saturated carbocycles. The normalized spacial score (nSPS) is 10.7. The van der Waals surface area contributed by atoms with Gasteiger partial charge in [-0.05, 0) is 55.5 Å². The molecule has 0 spiro atoms. The lowest BCUT2D eigenvalue weighted by molar-refractivity contribution is 0.465. The third-order valence-electron chi connectivity index (χ3n) is 3.74. The van der Waals surface area contributed by atoms with Gasteiger partial charge in [-0.2, -0.15) is 0 Å². The summed E-state index contributed by atoms with van der Waals surface area (Å²) in [6.45, 7) is 8.16. The molecule has 0 fully saturated rings. The Balaban J connectivity index is 2.31. The van der Waals surface area contributed by atoms with Crippen LogP contribution in [0, 0.1) is 27.7 Å². The highest BCUT2D eigenvalue weighted by Crippen LogP contribution is 2.38. The standard InChI is InChI=1S/C17H20OS/c1-11-13(3)17(14(4)12(2)16(11)18)19-10-15-8-6-5-7-9-15/h5-9,18H,10H2,1-4H3. The molecule has 2 rings (SSSR count). The quantitative estimate of drug-likeness (QED) is 0.800. The monoisotopic (exact) mass is 272 g/mol. The Kier molecular flexibility index (Phi) is 4.20. The molecular formula is C17H20OS. The fourth-order valence-corrected chi connectivity index (χ4v) is 3.45. The van der Waals surface area contributed by atoms with Gasteiger partial charge < -0.3 is 5.11 Å². The summed E-state index contributed by atoms with van der Waals surface area (Å²) in [5.41, 5.74) is 5.72. The van der Waals surface area contributed by atoms with Crippen LogP contribution >= 0.6 is 11.8 Å². The van der Waals surface area contributed by atoms with Crippen LogP contribution in [0.25, 0.3) is 0 Å². The lowest BCUT2D eigenvalue weighted by Gasteiger charge is -2.17. The lowest BCUT2D eigenvalue weighted by atomic mass is 10.00. The van der Waals surface area contributed by atoms with Crippen molar-refractivity contribution in [2.45, 2.75) is 38.3 Å². The predicted molar refractivity (Wildman–Crippen MR) is 83.1 cm³/mol. The van der Waals surface area contributed by atoms with Gasteiger partial charge in [0.05, 0.1) is 0 Å². The van der Waals surface area contributed by atoms with Crippen molar-refractivity contribution in [3.05, 3.63) is 58.1 Å². The molecule has 0 radical (unpaired) electrons. The van der Waals surface area contributed by atoms with Crippen LogP contribution in [-0.4, -0.2) is 5.11 Å². The molecule has 2 aromatic rings. The van der Waals surface area contributed by atoms with E-state index in [0.29, 0.717) is 5.75 Å². The summed E-state index contributed by atoms with van der Waals surface area (Å²) < 4.78 is 0. The van der Waals surface area contributed by atoms with E-state index >= 15 is 0 Å². The molecule has 0 unspecified atom stereocenters. The van der Waals surface area contributed by atoms with Gasteiger partial charge in [-0.15, -0.1) is 11.8 Å². The van der Waals surface area contributed by atoms with Gasteiger partial charge in [-0.3, -0.25) is 0 Å². The van der Waals surface area contributed by atoms with Gasteiger partial charge in [0.25, 0.3) is 0 Å². The average Bonchev–Trinajstić information content (AvgIpc) is 2.44. The predicted octanol–water partition coefficient (Wildman–Crippen LogP) is 4.92. The topological polar surface area (TPSA) is 20.2 Å². The zero-order chi connectivity index (χ0) is 14.0. The van der Waals surface area contributed by atoms with Gasteiger partial charge in [-0.1, -0.05) is 30.3 Å². The van der Waals surface area contributed by atoms with Crippen molar-refractivity contribution < 1.29 is 5.11 Å². The van der Waals surface area contributed by atoms with E-state index in [1.54, 1.807) is 0 Å². The molecule has 0 bridgehead atoms. The second kappa shape index (κ2) is 5.70. The minimum atomic E-state index is 0.444. The number of hydrogen-bond acceptors (Lipinski definition) is 2. The average molecular weight is 272 g/mol. The number of rotatable bonds is 3. The molecule has 0 aliphatic carbocycles. The second-order valence-corrected chi connectivity index (χ2v) is 5.94. The summed E-state index contributed by atoms with van der Waals surface area (Å²) in [5, 5.41) is 10.1. The van der Waals surface area contributed by atoms with Gasteiger partial charge in [0.1, 0.15) is 5.75 Å². The smallest absolute Gasteiger partial charge is 0.121 e. The third kappa shape index (κ3) is 2.79. The molecule has 100 valence electrons. The van der Waals surface area contributed by atoms with Crippen molar-refractivity contribution in [1.82, 2.24) is 0 Å². The first kappa shape index (κ1) is 14.0. The van der Waals surface area contributed by atoms with E-state index in [4.69, 9.17) is 0 Å². The van der Waals surface area contributed by atoms with E-state index in [-0.39, 0.29) is 0 Å². The number of benzene rings is 2. The first-order valence-electron chi connectivity index (χ1n) is 6.48.